The van der Waals surface area contributed by atoms with Crippen LogP contribution < -0.4 is 4.72 Å². The van der Waals surface area contributed by atoms with E-state index in [-0.39, 0.29) is 12.6 Å². The smallest absolute Gasteiger partial charge is 0.340 e. The number of nitrogens with one attached hydrogen (secondary N) is 1. The zero-order chi connectivity index (χ0) is 17.9. The van der Waals surface area contributed by atoms with Gasteiger partial charge in [0.2, 0.25) is 10.0 Å². The van der Waals surface area contributed by atoms with Crippen LogP contribution in [0.5, 0.6) is 0 Å². The number of carbonyl (C=O) groups is 1. The lowest BCUT2D eigenvalue weighted by Crippen LogP contribution is -2.28. The zero-order valence-corrected chi connectivity index (χ0v) is 14.0. The van der Waals surface area contributed by atoms with Crippen molar-refractivity contribution in [2.45, 2.75) is 31.2 Å². The third-order valence-corrected chi connectivity index (χ3v) is 4.85. The lowest BCUT2D eigenvalue weighted by Gasteiger charge is -2.09. The number of hydrogen-bond donors (Lipinski definition) is 2. The highest BCUT2D eigenvalue weighted by Gasteiger charge is 2.25. The average molecular weight is 355 g/mol. The van der Waals surface area contributed by atoms with E-state index in [1.165, 1.54) is 0 Å². The number of carboxylic acid groups (broad SMARTS) is 1. The van der Waals surface area contributed by atoms with Gasteiger partial charge in [0, 0.05) is 25.2 Å². The van der Waals surface area contributed by atoms with Crippen molar-refractivity contribution in [3.05, 3.63) is 47.5 Å². The molecule has 2 aromatic rings. The molecule has 0 spiro atoms. The monoisotopic (exact) mass is 355 g/mol. The zero-order valence-electron chi connectivity index (χ0n) is 13.2. The Morgan fingerprint density at radius 2 is 2.08 bits per heavy atom. The van der Waals surface area contributed by atoms with Crippen LogP contribution in [-0.2, 0) is 16.4 Å². The summed E-state index contributed by atoms with van der Waals surface area (Å²) in [5, 5.41) is 13.3. The molecule has 1 aromatic carbocycles. The second-order valence-corrected chi connectivity index (χ2v) is 7.18. The summed E-state index contributed by atoms with van der Waals surface area (Å²) < 4.78 is 42.1. The van der Waals surface area contributed by atoms with Crippen LogP contribution in [0.3, 0.4) is 0 Å². The van der Waals surface area contributed by atoms with Crippen molar-refractivity contribution in [3.63, 3.8) is 0 Å². The van der Waals surface area contributed by atoms with Crippen LogP contribution in [-0.4, -0.2) is 35.8 Å². The lowest BCUT2D eigenvalue weighted by molar-refractivity contribution is 0.0687. The molecule has 0 fully saturated rings. The molecule has 0 radical (unpaired) electrons. The molecule has 1 aromatic heterocycles. The summed E-state index contributed by atoms with van der Waals surface area (Å²) >= 11 is 0. The number of hydrogen-bond acceptors (Lipinski definition) is 4. The van der Waals surface area contributed by atoms with Crippen LogP contribution in [0.2, 0.25) is 0 Å². The molecule has 130 valence electrons. The Morgan fingerprint density at radius 3 is 2.67 bits per heavy atom. The minimum Gasteiger partial charge on any atom is -0.478 e. The molecule has 0 unspecified atom stereocenters. The van der Waals surface area contributed by atoms with Gasteiger partial charge in [-0.15, -0.1) is 0 Å². The van der Waals surface area contributed by atoms with E-state index in [9.17, 15) is 17.6 Å². The Labute approximate surface area is 139 Å². The summed E-state index contributed by atoms with van der Waals surface area (Å²) in [6.45, 7) is 3.96. The van der Waals surface area contributed by atoms with Crippen molar-refractivity contribution in [3.8, 4) is 0 Å². The first-order chi connectivity index (χ1) is 11.2. The maximum atomic E-state index is 13.6. The lowest BCUT2D eigenvalue weighted by atomic mass is 10.2. The highest BCUT2D eigenvalue weighted by molar-refractivity contribution is 7.89. The molecular formula is C15H18FN3O4S. The van der Waals surface area contributed by atoms with Crippen molar-refractivity contribution >= 4 is 16.0 Å². The maximum absolute atomic E-state index is 13.6. The second-order valence-electron chi connectivity index (χ2n) is 5.45. The van der Waals surface area contributed by atoms with Crippen molar-refractivity contribution in [2.75, 3.05) is 6.54 Å². The number of aromatic nitrogens is 2. The van der Waals surface area contributed by atoms with Gasteiger partial charge in [-0.3, -0.25) is 4.68 Å². The molecule has 7 nitrogen and oxygen atoms in total. The van der Waals surface area contributed by atoms with Crippen LogP contribution >= 0.6 is 0 Å². The van der Waals surface area contributed by atoms with Gasteiger partial charge in [0.05, 0.1) is 10.6 Å². The fourth-order valence-electron chi connectivity index (χ4n) is 2.13. The molecule has 9 heteroatoms. The van der Waals surface area contributed by atoms with Gasteiger partial charge >= 0.3 is 5.97 Å². The SMILES string of the molecule is CC(C)n1ccc(CCNS(=O)(=O)c2cccc(F)c2C(=O)O)n1. The third kappa shape index (κ3) is 3.98. The van der Waals surface area contributed by atoms with Crippen molar-refractivity contribution in [2.24, 2.45) is 0 Å². The Kier molecular flexibility index (Phi) is 5.35. The van der Waals surface area contributed by atoms with Crippen LogP contribution in [0.1, 0.15) is 35.9 Å². The van der Waals surface area contributed by atoms with E-state index in [0.717, 1.165) is 18.2 Å². The van der Waals surface area contributed by atoms with E-state index >= 15 is 0 Å². The number of aromatic carboxylic acids is 1. The van der Waals surface area contributed by atoms with E-state index < -0.39 is 32.3 Å². The summed E-state index contributed by atoms with van der Waals surface area (Å²) in [7, 11) is -4.14. The molecule has 0 aliphatic carbocycles. The van der Waals surface area contributed by atoms with Crippen molar-refractivity contribution < 1.29 is 22.7 Å². The molecule has 0 saturated heterocycles. The summed E-state index contributed by atoms with van der Waals surface area (Å²) in [6, 6.07) is 5.09. The topological polar surface area (TPSA) is 101 Å². The van der Waals surface area contributed by atoms with Crippen LogP contribution in [0, 0.1) is 5.82 Å². The van der Waals surface area contributed by atoms with Gasteiger partial charge in [0.1, 0.15) is 11.4 Å². The van der Waals surface area contributed by atoms with Gasteiger partial charge in [0.15, 0.2) is 0 Å². The molecular weight excluding hydrogens is 337 g/mol. The molecule has 2 rings (SSSR count). The molecule has 0 aliphatic heterocycles. The fourth-order valence-corrected chi connectivity index (χ4v) is 3.36. The van der Waals surface area contributed by atoms with Gasteiger partial charge in [-0.25, -0.2) is 22.3 Å². The van der Waals surface area contributed by atoms with E-state index in [1.807, 2.05) is 13.8 Å². The number of nitrogens with zero attached hydrogens (tertiary/aromatic N) is 2. The molecule has 1 heterocycles. The third-order valence-electron chi connectivity index (χ3n) is 3.34. The van der Waals surface area contributed by atoms with E-state index in [1.54, 1.807) is 16.9 Å². The van der Waals surface area contributed by atoms with E-state index in [0.29, 0.717) is 12.1 Å². The quantitative estimate of drug-likeness (QED) is 0.789. The normalized spacial score (nSPS) is 11.8. The van der Waals surface area contributed by atoms with Crippen LogP contribution in [0.15, 0.2) is 35.4 Å². The Hall–Kier alpha value is -2.26. The Morgan fingerprint density at radius 1 is 1.38 bits per heavy atom. The largest absolute Gasteiger partial charge is 0.478 e. The average Bonchev–Trinajstić information content (AvgIpc) is 2.95. The van der Waals surface area contributed by atoms with E-state index in [2.05, 4.69) is 9.82 Å². The molecule has 0 aliphatic rings. The first kappa shape index (κ1) is 18.1. The van der Waals surface area contributed by atoms with Gasteiger partial charge in [-0.05, 0) is 32.0 Å². The van der Waals surface area contributed by atoms with Crippen molar-refractivity contribution in [1.82, 2.24) is 14.5 Å². The minimum atomic E-state index is -4.14. The van der Waals surface area contributed by atoms with Crippen LogP contribution in [0.4, 0.5) is 4.39 Å². The molecule has 2 N–H and O–H groups in total. The summed E-state index contributed by atoms with van der Waals surface area (Å²) in [5.41, 5.74) is -0.168. The standard InChI is InChI=1S/C15H18FN3O4S/c1-10(2)19-9-7-11(18-19)6-8-17-24(22,23)13-5-3-4-12(16)14(13)15(20)21/h3-5,7,9-10,17H,6,8H2,1-2H3,(H,20,21). The Bertz CT molecular complexity index is 846. The maximum Gasteiger partial charge on any atom is 0.340 e. The van der Waals surface area contributed by atoms with Crippen LogP contribution in [0.25, 0.3) is 0 Å². The van der Waals surface area contributed by atoms with Gasteiger partial charge in [-0.2, -0.15) is 5.10 Å². The van der Waals surface area contributed by atoms with Crippen molar-refractivity contribution in [1.29, 1.82) is 0 Å². The number of benzene rings is 1. The van der Waals surface area contributed by atoms with E-state index in [4.69, 9.17) is 5.11 Å². The van der Waals surface area contributed by atoms with Gasteiger partial charge < -0.3 is 5.11 Å². The number of sulfonamides is 1. The molecule has 0 atom stereocenters. The molecule has 0 saturated carbocycles. The summed E-state index contributed by atoms with van der Waals surface area (Å²) in [6.07, 6.45) is 2.13. The first-order valence-electron chi connectivity index (χ1n) is 7.28. The highest BCUT2D eigenvalue weighted by atomic mass is 32.2. The highest BCUT2D eigenvalue weighted by Crippen LogP contribution is 2.18. The second kappa shape index (κ2) is 7.10. The van der Waals surface area contributed by atoms with Gasteiger partial charge in [-0.1, -0.05) is 6.07 Å². The molecule has 0 amide bonds. The number of rotatable bonds is 7. The fraction of sp³-hybridized carbons (Fsp3) is 0.333. The number of halogens is 1. The minimum absolute atomic E-state index is 0.0208. The Balaban J connectivity index is 2.12. The summed E-state index contributed by atoms with van der Waals surface area (Å²) in [5.74, 6) is -2.73. The predicted octanol–water partition coefficient (Wildman–Crippen LogP) is 1.82. The molecule has 24 heavy (non-hydrogen) atoms. The van der Waals surface area contributed by atoms with Gasteiger partial charge in [0.25, 0.3) is 0 Å². The number of carboxylic acids is 1. The molecule has 0 bridgehead atoms. The predicted molar refractivity (Wildman–Crippen MR) is 84.9 cm³/mol. The summed E-state index contributed by atoms with van der Waals surface area (Å²) in [4.78, 5) is 10.5. The first-order valence-corrected chi connectivity index (χ1v) is 8.76.